The second kappa shape index (κ2) is 4.89. The summed E-state index contributed by atoms with van der Waals surface area (Å²) in [5.41, 5.74) is 6.11. The highest BCUT2D eigenvalue weighted by molar-refractivity contribution is 6.33. The lowest BCUT2D eigenvalue weighted by molar-refractivity contribution is 0.138. The first kappa shape index (κ1) is 11.5. The topological polar surface area (TPSA) is 71.2 Å². The van der Waals surface area contributed by atoms with Gasteiger partial charge in [0.2, 0.25) is 0 Å². The number of halogens is 1. The summed E-state index contributed by atoms with van der Waals surface area (Å²) in [6, 6.07) is 1.67. The smallest absolute Gasteiger partial charge is 0.144 e. The van der Waals surface area contributed by atoms with Gasteiger partial charge < -0.3 is 16.2 Å². The quantitative estimate of drug-likeness (QED) is 0.756. The summed E-state index contributed by atoms with van der Waals surface area (Å²) in [4.78, 5) is 4.11. The van der Waals surface area contributed by atoms with Crippen LogP contribution >= 0.6 is 11.6 Å². The molecule has 0 spiro atoms. The van der Waals surface area contributed by atoms with Crippen LogP contribution in [-0.4, -0.2) is 22.7 Å². The summed E-state index contributed by atoms with van der Waals surface area (Å²) in [6.45, 7) is 0.706. The number of aliphatic hydroxyl groups is 1. The van der Waals surface area contributed by atoms with Gasteiger partial charge in [0, 0.05) is 12.5 Å². The van der Waals surface area contributed by atoms with Crippen molar-refractivity contribution in [3.63, 3.8) is 0 Å². The number of aromatic nitrogens is 1. The van der Waals surface area contributed by atoms with Crippen molar-refractivity contribution in [2.75, 3.05) is 17.6 Å². The van der Waals surface area contributed by atoms with E-state index < -0.39 is 0 Å². The molecule has 1 fully saturated rings. The first-order chi connectivity index (χ1) is 7.66. The minimum Gasteiger partial charge on any atom is -0.397 e. The van der Waals surface area contributed by atoms with Crippen molar-refractivity contribution < 1.29 is 5.11 Å². The Morgan fingerprint density at radius 3 is 3.00 bits per heavy atom. The number of nitrogens with zero attached hydrogens (tertiary/aromatic N) is 1. The fraction of sp³-hybridized carbons (Fsp3) is 0.545. The van der Waals surface area contributed by atoms with E-state index in [1.54, 1.807) is 12.3 Å². The summed E-state index contributed by atoms with van der Waals surface area (Å²) in [6.07, 6.45) is 4.42. The molecule has 1 heterocycles. The molecule has 5 heteroatoms. The highest BCUT2D eigenvalue weighted by Crippen LogP contribution is 2.27. The Balaban J connectivity index is 1.94. The summed E-state index contributed by atoms with van der Waals surface area (Å²) >= 11 is 5.98. The maximum atomic E-state index is 9.67. The van der Waals surface area contributed by atoms with Gasteiger partial charge in [0.25, 0.3) is 0 Å². The van der Waals surface area contributed by atoms with Gasteiger partial charge in [0.1, 0.15) is 5.82 Å². The van der Waals surface area contributed by atoms with Crippen LogP contribution in [0, 0.1) is 5.92 Å². The predicted molar refractivity (Wildman–Crippen MR) is 65.5 cm³/mol. The van der Waals surface area contributed by atoms with Crippen molar-refractivity contribution in [3.05, 3.63) is 17.3 Å². The Morgan fingerprint density at radius 2 is 2.38 bits per heavy atom. The average molecular weight is 242 g/mol. The Morgan fingerprint density at radius 1 is 1.56 bits per heavy atom. The first-order valence-corrected chi connectivity index (χ1v) is 5.87. The van der Waals surface area contributed by atoms with E-state index >= 15 is 0 Å². The van der Waals surface area contributed by atoms with Gasteiger partial charge in [0.05, 0.1) is 23.0 Å². The van der Waals surface area contributed by atoms with Crippen molar-refractivity contribution in [2.45, 2.75) is 25.4 Å². The Labute approximate surface area is 99.8 Å². The molecule has 0 aromatic carbocycles. The highest BCUT2D eigenvalue weighted by atomic mass is 35.5. The van der Waals surface area contributed by atoms with Crippen LogP contribution in [0.2, 0.25) is 5.02 Å². The van der Waals surface area contributed by atoms with Crippen molar-refractivity contribution in [1.29, 1.82) is 0 Å². The molecule has 0 aliphatic heterocycles. The zero-order valence-corrected chi connectivity index (χ0v) is 9.74. The number of aliphatic hydroxyl groups excluding tert-OH is 1. The predicted octanol–water partition coefficient (Wildman–Crippen LogP) is 1.89. The fourth-order valence-electron chi connectivity index (χ4n) is 2.07. The third kappa shape index (κ3) is 2.57. The lowest BCUT2D eigenvalue weighted by atomic mass is 10.1. The van der Waals surface area contributed by atoms with Crippen molar-refractivity contribution >= 4 is 23.1 Å². The summed E-state index contributed by atoms with van der Waals surface area (Å²) < 4.78 is 0. The first-order valence-electron chi connectivity index (χ1n) is 5.50. The van der Waals surface area contributed by atoms with Gasteiger partial charge in [-0.05, 0) is 18.9 Å². The van der Waals surface area contributed by atoms with Gasteiger partial charge in [-0.3, -0.25) is 0 Å². The van der Waals surface area contributed by atoms with Crippen LogP contribution in [0.15, 0.2) is 12.3 Å². The van der Waals surface area contributed by atoms with Gasteiger partial charge in [-0.1, -0.05) is 18.0 Å². The van der Waals surface area contributed by atoms with E-state index in [0.717, 1.165) is 19.3 Å². The molecular weight excluding hydrogens is 226 g/mol. The molecule has 0 saturated heterocycles. The Bertz CT molecular complexity index is 372. The normalized spacial score (nSPS) is 24.6. The van der Waals surface area contributed by atoms with Crippen LogP contribution in [0.1, 0.15) is 19.3 Å². The summed E-state index contributed by atoms with van der Waals surface area (Å²) in [5, 5.41) is 13.3. The third-order valence-electron chi connectivity index (χ3n) is 3.01. The molecule has 2 atom stereocenters. The number of nitrogen functional groups attached to an aromatic ring is 1. The Hall–Kier alpha value is -1.00. The second-order valence-electron chi connectivity index (χ2n) is 4.24. The minimum atomic E-state index is -0.194. The molecular formula is C11H16ClN3O. The van der Waals surface area contributed by atoms with Gasteiger partial charge in [-0.2, -0.15) is 0 Å². The van der Waals surface area contributed by atoms with E-state index in [9.17, 15) is 5.11 Å². The van der Waals surface area contributed by atoms with E-state index in [4.69, 9.17) is 17.3 Å². The summed E-state index contributed by atoms with van der Waals surface area (Å²) in [7, 11) is 0. The zero-order chi connectivity index (χ0) is 11.5. The lowest BCUT2D eigenvalue weighted by Crippen LogP contribution is -2.22. The molecule has 16 heavy (non-hydrogen) atoms. The standard InChI is InChI=1S/C11H16ClN3O/c12-9-4-8(13)6-15-11(9)14-5-7-2-1-3-10(7)16/h4,6-7,10,16H,1-3,5,13H2,(H,14,15). The van der Waals surface area contributed by atoms with Gasteiger partial charge >= 0.3 is 0 Å². The maximum absolute atomic E-state index is 9.67. The molecule has 1 aromatic heterocycles. The van der Waals surface area contributed by atoms with Gasteiger partial charge in [-0.25, -0.2) is 4.98 Å². The number of pyridine rings is 1. The molecule has 2 rings (SSSR count). The fourth-order valence-corrected chi connectivity index (χ4v) is 2.31. The number of hydrogen-bond acceptors (Lipinski definition) is 4. The molecule has 0 bridgehead atoms. The average Bonchev–Trinajstić information content (AvgIpc) is 2.63. The molecule has 0 radical (unpaired) electrons. The highest BCUT2D eigenvalue weighted by Gasteiger charge is 2.24. The van der Waals surface area contributed by atoms with Crippen molar-refractivity contribution in [3.8, 4) is 0 Å². The number of hydrogen-bond donors (Lipinski definition) is 3. The van der Waals surface area contributed by atoms with Gasteiger partial charge in [-0.15, -0.1) is 0 Å². The number of nitrogens with one attached hydrogen (secondary N) is 1. The molecule has 4 N–H and O–H groups in total. The van der Waals surface area contributed by atoms with Crippen LogP contribution in [0.4, 0.5) is 11.5 Å². The van der Waals surface area contributed by atoms with E-state index in [-0.39, 0.29) is 6.10 Å². The van der Waals surface area contributed by atoms with Crippen molar-refractivity contribution in [2.24, 2.45) is 5.92 Å². The molecule has 0 amide bonds. The van der Waals surface area contributed by atoms with Crippen LogP contribution in [-0.2, 0) is 0 Å². The lowest BCUT2D eigenvalue weighted by Gasteiger charge is -2.16. The molecule has 88 valence electrons. The number of nitrogens with two attached hydrogens (primary N) is 1. The molecule has 1 aliphatic rings. The zero-order valence-electron chi connectivity index (χ0n) is 8.99. The van der Waals surface area contributed by atoms with Crippen molar-refractivity contribution in [1.82, 2.24) is 4.98 Å². The summed E-state index contributed by atoms with van der Waals surface area (Å²) in [5.74, 6) is 0.936. The van der Waals surface area contributed by atoms with Crippen LogP contribution in [0.25, 0.3) is 0 Å². The molecule has 1 aromatic rings. The van der Waals surface area contributed by atoms with E-state index in [0.29, 0.717) is 29.0 Å². The van der Waals surface area contributed by atoms with Crippen LogP contribution in [0.5, 0.6) is 0 Å². The third-order valence-corrected chi connectivity index (χ3v) is 3.30. The van der Waals surface area contributed by atoms with Crippen LogP contribution in [0.3, 0.4) is 0 Å². The molecule has 4 nitrogen and oxygen atoms in total. The van der Waals surface area contributed by atoms with Crippen LogP contribution < -0.4 is 11.1 Å². The minimum absolute atomic E-state index is 0.194. The second-order valence-corrected chi connectivity index (χ2v) is 4.65. The molecule has 1 aliphatic carbocycles. The SMILES string of the molecule is Nc1cnc(NCC2CCCC2O)c(Cl)c1. The van der Waals surface area contributed by atoms with E-state index in [2.05, 4.69) is 10.3 Å². The molecule has 2 unspecified atom stereocenters. The maximum Gasteiger partial charge on any atom is 0.144 e. The van der Waals surface area contributed by atoms with Gasteiger partial charge in [0.15, 0.2) is 0 Å². The van der Waals surface area contributed by atoms with E-state index in [1.165, 1.54) is 0 Å². The number of rotatable bonds is 3. The Kier molecular flexibility index (Phi) is 3.51. The largest absolute Gasteiger partial charge is 0.397 e. The monoisotopic (exact) mass is 241 g/mol. The molecule has 1 saturated carbocycles. The number of anilines is 2. The van der Waals surface area contributed by atoms with E-state index in [1.807, 2.05) is 0 Å².